The molecule has 0 saturated heterocycles. The number of benzene rings is 3. The average Bonchev–Trinajstić information content (AvgIpc) is 3.27. The van der Waals surface area contributed by atoms with E-state index in [1.807, 2.05) is 20.0 Å². The summed E-state index contributed by atoms with van der Waals surface area (Å²) < 4.78 is 50.2. The van der Waals surface area contributed by atoms with Gasteiger partial charge in [0.2, 0.25) is 10.0 Å². The highest BCUT2D eigenvalue weighted by atomic mass is 32.2. The van der Waals surface area contributed by atoms with Crippen molar-refractivity contribution < 1.29 is 22.3 Å². The first-order chi connectivity index (χ1) is 18.8. The van der Waals surface area contributed by atoms with E-state index in [0.29, 0.717) is 36.7 Å². The van der Waals surface area contributed by atoms with E-state index in [1.165, 1.54) is 27.4 Å². The highest BCUT2D eigenvalue weighted by Crippen LogP contribution is 2.30. The van der Waals surface area contributed by atoms with Gasteiger partial charge in [-0.2, -0.15) is 9.40 Å². The number of ether oxygens (including phenoxy) is 1. The van der Waals surface area contributed by atoms with E-state index in [-0.39, 0.29) is 23.5 Å². The molecule has 0 spiro atoms. The van der Waals surface area contributed by atoms with Crippen molar-refractivity contribution in [2.24, 2.45) is 7.05 Å². The van der Waals surface area contributed by atoms with Crippen molar-refractivity contribution in [2.75, 3.05) is 18.1 Å². The first kappa shape index (κ1) is 26.6. The summed E-state index contributed by atoms with van der Waals surface area (Å²) in [7, 11) is -1.97. The van der Waals surface area contributed by atoms with E-state index in [1.54, 1.807) is 59.3 Å². The molecule has 202 valence electrons. The van der Waals surface area contributed by atoms with Gasteiger partial charge in [0.05, 0.1) is 29.3 Å². The number of sulfonamides is 1. The van der Waals surface area contributed by atoms with Crippen molar-refractivity contribution in [2.45, 2.75) is 31.3 Å². The molecule has 0 bridgehead atoms. The lowest BCUT2D eigenvalue weighted by Crippen LogP contribution is -2.37. The van der Waals surface area contributed by atoms with Gasteiger partial charge in [-0.1, -0.05) is 30.3 Å². The van der Waals surface area contributed by atoms with Gasteiger partial charge in [-0.15, -0.1) is 0 Å². The van der Waals surface area contributed by atoms with E-state index in [9.17, 15) is 17.6 Å². The number of hydrogen-bond acceptors (Lipinski definition) is 5. The molecule has 1 aromatic heterocycles. The number of aryl methyl sites for hydroxylation is 1. The monoisotopic (exact) mass is 548 g/mol. The van der Waals surface area contributed by atoms with Crippen molar-refractivity contribution in [1.29, 1.82) is 0 Å². The number of halogens is 1. The minimum Gasteiger partial charge on any atom is -0.494 e. The van der Waals surface area contributed by atoms with Crippen molar-refractivity contribution in [1.82, 2.24) is 14.1 Å². The number of nitrogens with zero attached hydrogens (tertiary/aromatic N) is 4. The van der Waals surface area contributed by atoms with Gasteiger partial charge in [0, 0.05) is 43.5 Å². The maximum atomic E-state index is 14.6. The number of para-hydroxylation sites is 1. The summed E-state index contributed by atoms with van der Waals surface area (Å²) >= 11 is 0. The summed E-state index contributed by atoms with van der Waals surface area (Å²) in [5.41, 5.74) is 2.76. The van der Waals surface area contributed by atoms with Crippen molar-refractivity contribution in [3.63, 3.8) is 0 Å². The standard InChI is InChI=1S/C29H29FN4O4S/c1-3-38-22-13-15-23(16-14-22)39(36,37)33-18-17-28-25(19-33)27(31-32(28)2)20-34(21-9-5-4-6-10-21)29(35)24-11-7-8-12-26(24)30/h4-16H,3,17-20H2,1-2H3. The van der Waals surface area contributed by atoms with Crippen LogP contribution in [0.25, 0.3) is 0 Å². The van der Waals surface area contributed by atoms with Crippen molar-refractivity contribution >= 4 is 21.6 Å². The Hall–Kier alpha value is -4.02. The Morgan fingerprint density at radius 1 is 1.03 bits per heavy atom. The Balaban J connectivity index is 1.47. The minimum atomic E-state index is -3.78. The number of carbonyl (C=O) groups is 1. The molecule has 0 atom stereocenters. The topological polar surface area (TPSA) is 84.7 Å². The Morgan fingerprint density at radius 3 is 2.41 bits per heavy atom. The van der Waals surface area contributed by atoms with Crippen LogP contribution in [0.4, 0.5) is 10.1 Å². The smallest absolute Gasteiger partial charge is 0.261 e. The van der Waals surface area contributed by atoms with Crippen LogP contribution in [0.15, 0.2) is 83.8 Å². The Bertz CT molecular complexity index is 1590. The second-order valence-electron chi connectivity index (χ2n) is 9.20. The average molecular weight is 549 g/mol. The second kappa shape index (κ2) is 11.0. The van der Waals surface area contributed by atoms with Gasteiger partial charge in [0.15, 0.2) is 0 Å². The summed E-state index contributed by atoms with van der Waals surface area (Å²) in [6.07, 6.45) is 0.474. The molecule has 5 rings (SSSR count). The molecule has 39 heavy (non-hydrogen) atoms. The van der Waals surface area contributed by atoms with Gasteiger partial charge < -0.3 is 9.64 Å². The molecule has 0 fully saturated rings. The number of anilines is 1. The van der Waals surface area contributed by atoms with Crippen LogP contribution >= 0.6 is 0 Å². The third-order valence-corrected chi connectivity index (χ3v) is 8.65. The predicted octanol–water partition coefficient (Wildman–Crippen LogP) is 4.55. The van der Waals surface area contributed by atoms with Gasteiger partial charge in [0.25, 0.3) is 5.91 Å². The van der Waals surface area contributed by atoms with Crippen LogP contribution in [0.3, 0.4) is 0 Å². The lowest BCUT2D eigenvalue weighted by molar-refractivity contribution is 0.0980. The number of hydrogen-bond donors (Lipinski definition) is 0. The summed E-state index contributed by atoms with van der Waals surface area (Å²) in [6.45, 7) is 2.83. The molecule has 8 nitrogen and oxygen atoms in total. The molecule has 0 aliphatic carbocycles. The summed E-state index contributed by atoms with van der Waals surface area (Å²) in [4.78, 5) is 15.2. The number of carbonyl (C=O) groups excluding carboxylic acids is 1. The molecule has 2 heterocycles. The van der Waals surface area contributed by atoms with Gasteiger partial charge in [-0.05, 0) is 55.5 Å². The fourth-order valence-corrected chi connectivity index (χ4v) is 6.23. The molecular weight excluding hydrogens is 519 g/mol. The van der Waals surface area contributed by atoms with E-state index in [4.69, 9.17) is 4.74 Å². The van der Waals surface area contributed by atoms with Crippen LogP contribution in [0.1, 0.15) is 34.2 Å². The molecule has 3 aromatic carbocycles. The first-order valence-corrected chi connectivity index (χ1v) is 14.1. The molecule has 1 aliphatic rings. The zero-order chi connectivity index (χ0) is 27.6. The molecule has 0 saturated carbocycles. The summed E-state index contributed by atoms with van der Waals surface area (Å²) in [5, 5.41) is 4.67. The fraction of sp³-hybridized carbons (Fsp3) is 0.241. The maximum Gasteiger partial charge on any atom is 0.261 e. The second-order valence-corrected chi connectivity index (χ2v) is 11.1. The molecule has 0 N–H and O–H groups in total. The summed E-state index contributed by atoms with van der Waals surface area (Å²) in [6, 6.07) is 21.2. The van der Waals surface area contributed by atoms with Crippen LogP contribution in [0.2, 0.25) is 0 Å². The molecule has 1 amide bonds. The normalized spacial score (nSPS) is 13.6. The number of rotatable bonds is 8. The number of amides is 1. The SMILES string of the molecule is CCOc1ccc(S(=O)(=O)N2CCc3c(c(CN(C(=O)c4ccccc4F)c4ccccc4)nn3C)C2)cc1. The number of fused-ring (bicyclic) bond motifs is 1. The number of aromatic nitrogens is 2. The third kappa shape index (κ3) is 5.30. The molecule has 4 aromatic rings. The molecule has 1 aliphatic heterocycles. The first-order valence-electron chi connectivity index (χ1n) is 12.7. The van der Waals surface area contributed by atoms with Gasteiger partial charge in [0.1, 0.15) is 11.6 Å². The van der Waals surface area contributed by atoms with Crippen LogP contribution in [-0.2, 0) is 36.6 Å². The quantitative estimate of drug-likeness (QED) is 0.323. The molecular formula is C29H29FN4O4S. The van der Waals surface area contributed by atoms with Crippen molar-refractivity contribution in [3.05, 3.63) is 107 Å². The Kier molecular flexibility index (Phi) is 7.49. The van der Waals surface area contributed by atoms with E-state index in [0.717, 1.165) is 11.3 Å². The maximum absolute atomic E-state index is 14.6. The van der Waals surface area contributed by atoms with Crippen LogP contribution in [0.5, 0.6) is 5.75 Å². The van der Waals surface area contributed by atoms with E-state index >= 15 is 0 Å². The fourth-order valence-electron chi connectivity index (χ4n) is 4.82. The molecule has 10 heteroatoms. The van der Waals surface area contributed by atoms with Gasteiger partial charge in [-0.3, -0.25) is 9.48 Å². The lowest BCUT2D eigenvalue weighted by atomic mass is 10.1. The van der Waals surface area contributed by atoms with Gasteiger partial charge in [-0.25, -0.2) is 12.8 Å². The molecule has 0 unspecified atom stereocenters. The highest BCUT2D eigenvalue weighted by molar-refractivity contribution is 7.89. The van der Waals surface area contributed by atoms with Crippen LogP contribution < -0.4 is 9.64 Å². The van der Waals surface area contributed by atoms with Crippen molar-refractivity contribution in [3.8, 4) is 5.75 Å². The van der Waals surface area contributed by atoms with E-state index < -0.39 is 21.7 Å². The lowest BCUT2D eigenvalue weighted by Gasteiger charge is -2.28. The van der Waals surface area contributed by atoms with Gasteiger partial charge >= 0.3 is 0 Å². The third-order valence-electron chi connectivity index (χ3n) is 6.79. The summed E-state index contributed by atoms with van der Waals surface area (Å²) in [5.74, 6) is -0.514. The van der Waals surface area contributed by atoms with Crippen LogP contribution in [-0.4, -0.2) is 41.6 Å². The highest BCUT2D eigenvalue weighted by Gasteiger charge is 2.33. The Morgan fingerprint density at radius 2 is 1.72 bits per heavy atom. The largest absolute Gasteiger partial charge is 0.494 e. The van der Waals surface area contributed by atoms with Crippen LogP contribution in [0, 0.1) is 5.82 Å². The predicted molar refractivity (Wildman–Crippen MR) is 145 cm³/mol. The Labute approximate surface area is 227 Å². The zero-order valence-electron chi connectivity index (χ0n) is 21.7. The molecule has 0 radical (unpaired) electrons. The zero-order valence-corrected chi connectivity index (χ0v) is 22.6. The minimum absolute atomic E-state index is 0.0501. The van der Waals surface area contributed by atoms with E-state index in [2.05, 4.69) is 5.10 Å².